The second kappa shape index (κ2) is 4.76. The van der Waals surface area contributed by atoms with E-state index in [1.807, 2.05) is 6.92 Å². The fourth-order valence-electron chi connectivity index (χ4n) is 1.87. The number of rotatable bonds is 3. The maximum absolute atomic E-state index is 10.3. The van der Waals surface area contributed by atoms with Crippen LogP contribution in [0.2, 0.25) is 5.15 Å². The molecule has 1 saturated heterocycles. The molecule has 2 unspecified atom stereocenters. The molecule has 17 heavy (non-hydrogen) atoms. The number of ether oxygens (including phenoxy) is 1. The molecular formula is C11H16ClN3O2. The summed E-state index contributed by atoms with van der Waals surface area (Å²) in [4.78, 5) is 8.17. The van der Waals surface area contributed by atoms with E-state index in [-0.39, 0.29) is 6.10 Å². The molecule has 2 N–H and O–H groups in total. The zero-order chi connectivity index (χ0) is 12.5. The van der Waals surface area contributed by atoms with Crippen molar-refractivity contribution < 1.29 is 9.84 Å². The summed E-state index contributed by atoms with van der Waals surface area (Å²) >= 11 is 5.83. The van der Waals surface area contributed by atoms with Crippen LogP contribution >= 0.6 is 11.6 Å². The fraction of sp³-hybridized carbons (Fsp3) is 0.636. The van der Waals surface area contributed by atoms with Gasteiger partial charge in [0.05, 0.1) is 6.10 Å². The SMILES string of the molecule is Cc1nc(Cl)cc(NCC2(O)CCOC2C)n1. The molecule has 2 heterocycles. The number of aryl methyl sites for hydroxylation is 1. The Morgan fingerprint density at radius 1 is 1.65 bits per heavy atom. The van der Waals surface area contributed by atoms with Crippen LogP contribution in [-0.4, -0.2) is 39.9 Å². The van der Waals surface area contributed by atoms with Gasteiger partial charge in [-0.1, -0.05) is 11.6 Å². The lowest BCUT2D eigenvalue weighted by Gasteiger charge is -2.26. The van der Waals surface area contributed by atoms with Crippen LogP contribution in [0.4, 0.5) is 5.82 Å². The monoisotopic (exact) mass is 257 g/mol. The van der Waals surface area contributed by atoms with Crippen LogP contribution in [0.15, 0.2) is 6.07 Å². The van der Waals surface area contributed by atoms with Gasteiger partial charge in [-0.15, -0.1) is 0 Å². The van der Waals surface area contributed by atoms with Crippen LogP contribution in [0, 0.1) is 6.92 Å². The van der Waals surface area contributed by atoms with Crippen molar-refractivity contribution in [2.45, 2.75) is 32.0 Å². The first-order valence-electron chi connectivity index (χ1n) is 5.59. The van der Waals surface area contributed by atoms with Crippen LogP contribution in [0.3, 0.4) is 0 Å². The molecule has 0 saturated carbocycles. The fourth-order valence-corrected chi connectivity index (χ4v) is 2.09. The molecule has 0 radical (unpaired) electrons. The van der Waals surface area contributed by atoms with Gasteiger partial charge in [0.25, 0.3) is 0 Å². The summed E-state index contributed by atoms with van der Waals surface area (Å²) in [6.07, 6.45) is 0.451. The van der Waals surface area contributed by atoms with E-state index in [4.69, 9.17) is 16.3 Å². The molecule has 0 bridgehead atoms. The smallest absolute Gasteiger partial charge is 0.134 e. The Kier molecular flexibility index (Phi) is 3.51. The predicted octanol–water partition coefficient (Wildman–Crippen LogP) is 1.39. The lowest BCUT2D eigenvalue weighted by atomic mass is 9.97. The van der Waals surface area contributed by atoms with Gasteiger partial charge in [-0.05, 0) is 13.8 Å². The van der Waals surface area contributed by atoms with E-state index >= 15 is 0 Å². The molecule has 2 atom stereocenters. The summed E-state index contributed by atoms with van der Waals surface area (Å²) in [7, 11) is 0. The molecule has 1 aliphatic rings. The third-order valence-corrected chi connectivity index (χ3v) is 3.24. The van der Waals surface area contributed by atoms with Gasteiger partial charge in [0, 0.05) is 25.6 Å². The van der Waals surface area contributed by atoms with E-state index in [0.717, 1.165) is 0 Å². The Labute approximate surface area is 105 Å². The standard InChI is InChI=1S/C11H16ClN3O2/c1-7-11(16,3-4-17-7)6-13-10-5-9(12)14-8(2)15-10/h5,7,16H,3-4,6H2,1-2H3,(H,13,14,15). The highest BCUT2D eigenvalue weighted by molar-refractivity contribution is 6.29. The number of anilines is 1. The molecule has 5 nitrogen and oxygen atoms in total. The number of hydrogen-bond acceptors (Lipinski definition) is 5. The van der Waals surface area contributed by atoms with Gasteiger partial charge in [-0.25, -0.2) is 9.97 Å². The van der Waals surface area contributed by atoms with Crippen molar-refractivity contribution in [3.05, 3.63) is 17.0 Å². The quantitative estimate of drug-likeness (QED) is 0.801. The average molecular weight is 258 g/mol. The summed E-state index contributed by atoms with van der Waals surface area (Å²) in [5.41, 5.74) is -0.842. The molecule has 1 aliphatic heterocycles. The first kappa shape index (κ1) is 12.5. The highest BCUT2D eigenvalue weighted by atomic mass is 35.5. The Morgan fingerprint density at radius 2 is 2.41 bits per heavy atom. The number of aliphatic hydroxyl groups is 1. The summed E-state index contributed by atoms with van der Waals surface area (Å²) in [5.74, 6) is 1.22. The molecule has 94 valence electrons. The van der Waals surface area contributed by atoms with Gasteiger partial charge in [0.1, 0.15) is 22.4 Å². The van der Waals surface area contributed by atoms with Crippen LogP contribution in [0.5, 0.6) is 0 Å². The van der Waals surface area contributed by atoms with Gasteiger partial charge in [-0.2, -0.15) is 0 Å². The molecule has 2 rings (SSSR count). The van der Waals surface area contributed by atoms with Gasteiger partial charge in [0.15, 0.2) is 0 Å². The summed E-state index contributed by atoms with van der Waals surface area (Å²) < 4.78 is 5.36. The zero-order valence-electron chi connectivity index (χ0n) is 9.90. The van der Waals surface area contributed by atoms with Gasteiger partial charge in [0.2, 0.25) is 0 Å². The molecule has 0 aromatic carbocycles. The first-order valence-corrected chi connectivity index (χ1v) is 5.96. The van der Waals surface area contributed by atoms with E-state index in [9.17, 15) is 5.11 Å². The molecule has 6 heteroatoms. The Morgan fingerprint density at radius 3 is 3.00 bits per heavy atom. The van der Waals surface area contributed by atoms with Crippen LogP contribution in [0.1, 0.15) is 19.2 Å². The Balaban J connectivity index is 2.02. The number of nitrogens with one attached hydrogen (secondary N) is 1. The maximum atomic E-state index is 10.3. The Bertz CT molecular complexity index is 395. The van der Waals surface area contributed by atoms with Crippen molar-refractivity contribution in [3.8, 4) is 0 Å². The minimum Gasteiger partial charge on any atom is -0.385 e. The zero-order valence-corrected chi connectivity index (χ0v) is 10.7. The van der Waals surface area contributed by atoms with Crippen molar-refractivity contribution in [1.29, 1.82) is 0 Å². The van der Waals surface area contributed by atoms with Crippen LogP contribution in [0.25, 0.3) is 0 Å². The molecule has 1 aromatic rings. The number of aromatic nitrogens is 2. The molecule has 0 aliphatic carbocycles. The normalized spacial score (nSPS) is 28.4. The van der Waals surface area contributed by atoms with Crippen molar-refractivity contribution in [1.82, 2.24) is 9.97 Å². The van der Waals surface area contributed by atoms with Gasteiger partial charge >= 0.3 is 0 Å². The summed E-state index contributed by atoms with van der Waals surface area (Å²) in [5, 5.41) is 13.8. The highest BCUT2D eigenvalue weighted by Gasteiger charge is 2.39. The molecule has 1 aromatic heterocycles. The minimum atomic E-state index is -0.842. The molecule has 0 amide bonds. The van der Waals surface area contributed by atoms with E-state index < -0.39 is 5.60 Å². The average Bonchev–Trinajstić information content (AvgIpc) is 2.56. The Hall–Kier alpha value is -0.910. The number of nitrogens with zero attached hydrogens (tertiary/aromatic N) is 2. The van der Waals surface area contributed by atoms with Gasteiger partial charge < -0.3 is 15.2 Å². The second-order valence-electron chi connectivity index (χ2n) is 4.34. The van der Waals surface area contributed by atoms with E-state index in [1.54, 1.807) is 13.0 Å². The topological polar surface area (TPSA) is 67.3 Å². The summed E-state index contributed by atoms with van der Waals surface area (Å²) in [6.45, 7) is 4.61. The van der Waals surface area contributed by atoms with Crippen molar-refractivity contribution in [3.63, 3.8) is 0 Å². The highest BCUT2D eigenvalue weighted by Crippen LogP contribution is 2.26. The minimum absolute atomic E-state index is 0.173. The third kappa shape index (κ3) is 2.86. The van der Waals surface area contributed by atoms with Crippen molar-refractivity contribution in [2.24, 2.45) is 0 Å². The second-order valence-corrected chi connectivity index (χ2v) is 4.73. The van der Waals surface area contributed by atoms with Crippen LogP contribution < -0.4 is 5.32 Å². The van der Waals surface area contributed by atoms with E-state index in [2.05, 4.69) is 15.3 Å². The first-order chi connectivity index (χ1) is 7.99. The molecule has 0 spiro atoms. The molecular weight excluding hydrogens is 242 g/mol. The summed E-state index contributed by atoms with van der Waals surface area (Å²) in [6, 6.07) is 1.64. The lowest BCUT2D eigenvalue weighted by molar-refractivity contribution is -0.0176. The van der Waals surface area contributed by atoms with Crippen LogP contribution in [-0.2, 0) is 4.74 Å². The maximum Gasteiger partial charge on any atom is 0.134 e. The van der Waals surface area contributed by atoms with Gasteiger partial charge in [-0.3, -0.25) is 0 Å². The predicted molar refractivity (Wildman–Crippen MR) is 65.2 cm³/mol. The van der Waals surface area contributed by atoms with Crippen molar-refractivity contribution in [2.75, 3.05) is 18.5 Å². The van der Waals surface area contributed by atoms with E-state index in [1.165, 1.54) is 0 Å². The third-order valence-electron chi connectivity index (χ3n) is 3.04. The molecule has 1 fully saturated rings. The largest absolute Gasteiger partial charge is 0.385 e. The number of hydrogen-bond donors (Lipinski definition) is 2. The van der Waals surface area contributed by atoms with E-state index in [0.29, 0.717) is 36.4 Å². The number of halogens is 1. The van der Waals surface area contributed by atoms with Crippen molar-refractivity contribution >= 4 is 17.4 Å². The lowest BCUT2D eigenvalue weighted by Crippen LogP contribution is -2.43.